The van der Waals surface area contributed by atoms with Crippen molar-refractivity contribution in [3.63, 3.8) is 0 Å². The van der Waals surface area contributed by atoms with Crippen molar-refractivity contribution in [3.05, 3.63) is 75.4 Å². The van der Waals surface area contributed by atoms with Crippen LogP contribution >= 0.6 is 0 Å². The third kappa shape index (κ3) is 15.6. The van der Waals surface area contributed by atoms with Crippen molar-refractivity contribution in [1.29, 1.82) is 0 Å². The van der Waals surface area contributed by atoms with Crippen LogP contribution in [0.25, 0.3) is 33.4 Å². The van der Waals surface area contributed by atoms with E-state index in [1.54, 1.807) is 6.92 Å². The summed E-state index contributed by atoms with van der Waals surface area (Å²) in [5.41, 5.74) is 0.809. The molecule has 18 heteroatoms. The highest BCUT2D eigenvalue weighted by molar-refractivity contribution is 6.04. The van der Waals surface area contributed by atoms with Crippen molar-refractivity contribution >= 4 is 46.5 Å². The van der Waals surface area contributed by atoms with Crippen LogP contribution in [0.1, 0.15) is 173 Å². The molecule has 3 saturated carbocycles. The molecule has 0 saturated heterocycles. The summed E-state index contributed by atoms with van der Waals surface area (Å²) in [7, 11) is 0. The lowest BCUT2D eigenvalue weighted by molar-refractivity contribution is -0.139. The van der Waals surface area contributed by atoms with Gasteiger partial charge in [0.2, 0.25) is 23.2 Å². The van der Waals surface area contributed by atoms with E-state index in [2.05, 4.69) is 68.1 Å². The van der Waals surface area contributed by atoms with E-state index in [1.807, 2.05) is 0 Å². The number of rotatable bonds is 25. The zero-order chi connectivity index (χ0) is 59.6. The number of phenolic OH excluding ortho intramolecular Hbond substituents is 1. The van der Waals surface area contributed by atoms with Gasteiger partial charge in [0.1, 0.15) is 23.4 Å². The van der Waals surface area contributed by atoms with Crippen LogP contribution in [0.4, 0.5) is 8.78 Å². The number of carbonyl (C=O) groups is 6. The second kappa shape index (κ2) is 27.8. The maximum absolute atomic E-state index is 14.8. The quantitative estimate of drug-likeness (QED) is 0.0228. The number of nitrogens with one attached hydrogen (secondary N) is 5. The zero-order valence-corrected chi connectivity index (χ0v) is 49.0. The Balaban J connectivity index is 0.891. The van der Waals surface area contributed by atoms with Gasteiger partial charge in [-0.1, -0.05) is 73.3 Å². The standard InChI is InChI=1S/C64H87F2N5O11/c1-36(2)11-8-12-37(3)45-17-18-47-42-14-9-13-40(23-26-63(5,6)46(42)24-27-64(45,47)7)67-28-10-29-68-56(74)25-30-69-61(80)50(19-21-57(75)76)71-62(81)51(20-22-58(77)78)70-60(79)39-15-16-41(38(4)31-39)59-43-32-48(65)52(72)34-54(43)82-55-35-53(73)49(66)33-44(55)59/h15-16,31-37,40,42,45-47,50-51,67,72H,8-14,17-30H2,1-7H3,(H,68,74)(H,69,80)(H,70,79)(H,71,81)(H,75,76)(H,77,78)/t37-,40-,42-,45?,46?,47+,50+,51+,64?/m1/s1. The molecule has 2 aromatic carbocycles. The monoisotopic (exact) mass is 1140 g/mol. The fourth-order valence-corrected chi connectivity index (χ4v) is 14.4. The fraction of sp³-hybridized carbons (Fsp3) is 0.609. The number of hydrogen-bond acceptors (Lipinski definition) is 10. The number of hydrogen-bond donors (Lipinski definition) is 8. The van der Waals surface area contributed by atoms with Crippen molar-refractivity contribution in [3.8, 4) is 28.2 Å². The zero-order valence-electron chi connectivity index (χ0n) is 49.0. The number of carbonyl (C=O) groups excluding carboxylic acids is 4. The lowest BCUT2D eigenvalue weighted by Gasteiger charge is -2.54. The maximum Gasteiger partial charge on any atom is 0.303 e. The minimum Gasteiger partial charge on any atom is -0.505 e. The SMILES string of the molecule is Cc1cc(C(=O)N[C@@H](CCC(=O)O)C(=O)N[C@@H](CCC(=O)O)C(=O)NCCC(=O)NCCCN[C@@H]2CCC[C@@H]3C(CCC4(C)C([C@H](C)CCCC(C)C)CC[C@@H]34)C(C)(C)CC2)ccc1-c1c2cc(F)c(=O)cc-2oc2cc(O)c(F)cc12. The molecule has 9 atom stereocenters. The number of amides is 4. The number of halogens is 2. The molecule has 3 unspecified atom stereocenters. The summed E-state index contributed by atoms with van der Waals surface area (Å²) in [4.78, 5) is 89.6. The van der Waals surface area contributed by atoms with Crippen molar-refractivity contribution in [2.24, 2.45) is 46.3 Å². The molecule has 1 heterocycles. The minimum atomic E-state index is -1.52. The van der Waals surface area contributed by atoms with Crippen molar-refractivity contribution < 1.29 is 57.3 Å². The number of aliphatic carboxylic acids is 2. The van der Waals surface area contributed by atoms with E-state index in [4.69, 9.17) is 4.42 Å². The van der Waals surface area contributed by atoms with E-state index in [0.29, 0.717) is 29.1 Å². The van der Waals surface area contributed by atoms with Crippen LogP contribution in [0.15, 0.2) is 51.7 Å². The smallest absolute Gasteiger partial charge is 0.303 e. The largest absolute Gasteiger partial charge is 0.505 e. The van der Waals surface area contributed by atoms with Gasteiger partial charge in [-0.15, -0.1) is 0 Å². The molecule has 1 aliphatic heterocycles. The Morgan fingerprint density at radius 3 is 2.12 bits per heavy atom. The van der Waals surface area contributed by atoms with Gasteiger partial charge in [-0.2, -0.15) is 0 Å². The summed E-state index contributed by atoms with van der Waals surface area (Å²) in [5.74, 6) is -3.54. The first-order valence-corrected chi connectivity index (χ1v) is 29.9. The number of fused-ring (bicyclic) bond motifs is 5. The first-order chi connectivity index (χ1) is 38.9. The molecule has 3 fully saturated rings. The van der Waals surface area contributed by atoms with Crippen LogP contribution in [0.5, 0.6) is 5.75 Å². The van der Waals surface area contributed by atoms with E-state index < -0.39 is 83.8 Å². The van der Waals surface area contributed by atoms with E-state index in [9.17, 15) is 57.7 Å². The topological polar surface area (TPSA) is 253 Å². The molecule has 448 valence electrons. The highest BCUT2D eigenvalue weighted by Gasteiger charge is 2.56. The normalized spacial score (nSPS) is 22.6. The first kappa shape index (κ1) is 63.2. The maximum atomic E-state index is 14.8. The summed E-state index contributed by atoms with van der Waals surface area (Å²) < 4.78 is 35.2. The third-order valence-corrected chi connectivity index (χ3v) is 18.8. The van der Waals surface area contributed by atoms with Gasteiger partial charge < -0.3 is 46.3 Å². The summed E-state index contributed by atoms with van der Waals surface area (Å²) in [5, 5.41) is 43.5. The number of carboxylic acids is 2. The Morgan fingerprint density at radius 2 is 1.43 bits per heavy atom. The van der Waals surface area contributed by atoms with E-state index in [-0.39, 0.29) is 64.1 Å². The lowest BCUT2D eigenvalue weighted by atomic mass is 9.51. The molecule has 82 heavy (non-hydrogen) atoms. The Morgan fingerprint density at radius 1 is 0.707 bits per heavy atom. The van der Waals surface area contributed by atoms with Crippen LogP contribution < -0.4 is 32.0 Å². The fourth-order valence-electron chi connectivity index (χ4n) is 14.4. The van der Waals surface area contributed by atoms with Crippen molar-refractivity contribution in [2.45, 2.75) is 182 Å². The van der Waals surface area contributed by atoms with Gasteiger partial charge in [-0.3, -0.25) is 33.6 Å². The molecule has 0 radical (unpaired) electrons. The van der Waals surface area contributed by atoms with Crippen LogP contribution in [0, 0.1) is 64.9 Å². The van der Waals surface area contributed by atoms with E-state index in [0.717, 1.165) is 85.6 Å². The van der Waals surface area contributed by atoms with Gasteiger partial charge >= 0.3 is 11.9 Å². The highest BCUT2D eigenvalue weighted by Crippen LogP contribution is 2.65. The Labute approximate surface area is 480 Å². The predicted octanol–water partition coefficient (Wildman–Crippen LogP) is 10.7. The first-order valence-electron chi connectivity index (χ1n) is 29.9. The number of benzene rings is 3. The summed E-state index contributed by atoms with van der Waals surface area (Å²) in [6.45, 7) is 17.6. The van der Waals surface area contributed by atoms with Crippen molar-refractivity contribution in [1.82, 2.24) is 26.6 Å². The van der Waals surface area contributed by atoms with Gasteiger partial charge in [0.05, 0.1) is 0 Å². The summed E-state index contributed by atoms with van der Waals surface area (Å²) in [6, 6.07) is 5.59. The van der Waals surface area contributed by atoms with E-state index in [1.165, 1.54) is 82.4 Å². The molecule has 16 nitrogen and oxygen atoms in total. The highest BCUT2D eigenvalue weighted by atomic mass is 19.1. The molecular weight excluding hydrogens is 1050 g/mol. The molecule has 2 aromatic rings. The molecule has 8 N–H and O–H groups in total. The molecular formula is C64H87F2N5O11. The Bertz CT molecular complexity index is 2980. The van der Waals surface area contributed by atoms with Gasteiger partial charge in [0, 0.05) is 72.6 Å². The van der Waals surface area contributed by atoms with Gasteiger partial charge in [-0.05, 0) is 166 Å². The lowest BCUT2D eigenvalue weighted by Crippen LogP contribution is -2.54. The predicted molar refractivity (Wildman–Crippen MR) is 310 cm³/mol. The van der Waals surface area contributed by atoms with Gasteiger partial charge in [-0.25, -0.2) is 8.78 Å². The molecule has 4 amide bonds. The minimum absolute atomic E-state index is 0.0106. The third-order valence-electron chi connectivity index (χ3n) is 18.8. The molecule has 4 aliphatic carbocycles. The summed E-state index contributed by atoms with van der Waals surface area (Å²) >= 11 is 0. The number of aromatic hydroxyl groups is 1. The second-order valence-electron chi connectivity index (χ2n) is 25.3. The van der Waals surface area contributed by atoms with E-state index >= 15 is 0 Å². The number of carboxylic acid groups (broad SMARTS) is 2. The number of aryl methyl sites for hydroxylation is 1. The Hall–Kier alpha value is -6.43. The second-order valence-corrected chi connectivity index (χ2v) is 25.3. The van der Waals surface area contributed by atoms with Crippen LogP contribution in [0.2, 0.25) is 0 Å². The molecule has 7 rings (SSSR count). The molecule has 0 spiro atoms. The molecule has 0 aromatic heterocycles. The van der Waals surface area contributed by atoms with Gasteiger partial charge in [0.15, 0.2) is 17.4 Å². The average molecular weight is 1140 g/mol. The van der Waals surface area contributed by atoms with Gasteiger partial charge in [0.25, 0.3) is 5.91 Å². The summed E-state index contributed by atoms with van der Waals surface area (Å²) in [6.07, 6.45) is 14.2. The van der Waals surface area contributed by atoms with Crippen LogP contribution in [-0.2, 0) is 24.0 Å². The van der Waals surface area contributed by atoms with Crippen LogP contribution in [-0.4, -0.2) is 88.6 Å². The molecule has 0 bridgehead atoms. The van der Waals surface area contributed by atoms with Crippen LogP contribution in [0.3, 0.4) is 0 Å². The number of phenols is 1. The average Bonchev–Trinajstić information content (AvgIpc) is 3.22. The molecule has 5 aliphatic rings. The van der Waals surface area contributed by atoms with Crippen molar-refractivity contribution in [2.75, 3.05) is 19.6 Å². The Kier molecular flexibility index (Phi) is 21.4.